The number of alkyl halides is 3. The molecular weight excluding hydrogens is 520 g/mol. The van der Waals surface area contributed by atoms with Gasteiger partial charge < -0.3 is 25.1 Å². The Labute approximate surface area is 220 Å². The van der Waals surface area contributed by atoms with Crippen molar-refractivity contribution >= 4 is 11.3 Å². The topological polar surface area (TPSA) is 104 Å². The minimum absolute atomic E-state index is 0.00844. The zero-order chi connectivity index (χ0) is 27.4. The van der Waals surface area contributed by atoms with E-state index in [0.29, 0.717) is 29.2 Å². The Hall–Kier alpha value is -3.90. The van der Waals surface area contributed by atoms with Crippen LogP contribution in [0.3, 0.4) is 0 Å². The number of aliphatic hydroxyl groups excluding tert-OH is 1. The molecule has 2 aliphatic heterocycles. The fourth-order valence-electron chi connectivity index (χ4n) is 5.48. The minimum atomic E-state index is -5.03. The summed E-state index contributed by atoms with van der Waals surface area (Å²) in [6.45, 7) is 0.426. The summed E-state index contributed by atoms with van der Waals surface area (Å²) in [6.07, 6.45) is 1.46. The molecular formula is C27H24F4N4O4. The summed E-state index contributed by atoms with van der Waals surface area (Å²) in [6, 6.07) is 9.79. The molecule has 4 aromatic rings. The van der Waals surface area contributed by atoms with Crippen molar-refractivity contribution in [3.8, 4) is 28.5 Å². The van der Waals surface area contributed by atoms with Crippen LogP contribution in [0.1, 0.15) is 31.5 Å². The number of ether oxygens (including phenoxy) is 3. The van der Waals surface area contributed by atoms with E-state index in [1.54, 1.807) is 30.5 Å². The van der Waals surface area contributed by atoms with E-state index >= 15 is 0 Å². The molecule has 2 aromatic heterocycles. The zero-order valence-electron chi connectivity index (χ0n) is 20.5. The molecule has 2 saturated heterocycles. The first kappa shape index (κ1) is 25.4. The van der Waals surface area contributed by atoms with E-state index < -0.39 is 29.3 Å². The molecule has 3 N–H and O–H groups in total. The molecule has 3 aliphatic rings. The number of aliphatic hydroxyl groups is 1. The number of imidazole rings is 1. The first-order valence-corrected chi connectivity index (χ1v) is 12.3. The molecule has 0 spiro atoms. The van der Waals surface area contributed by atoms with Crippen LogP contribution >= 0.6 is 0 Å². The molecule has 7 rings (SSSR count). The van der Waals surface area contributed by atoms with E-state index in [0.717, 1.165) is 37.6 Å². The summed E-state index contributed by atoms with van der Waals surface area (Å²) in [4.78, 5) is 9.26. The van der Waals surface area contributed by atoms with Gasteiger partial charge in [0, 0.05) is 18.0 Å². The van der Waals surface area contributed by atoms with Gasteiger partial charge in [0.05, 0.1) is 24.2 Å². The van der Waals surface area contributed by atoms with E-state index in [-0.39, 0.29) is 17.8 Å². The molecule has 39 heavy (non-hydrogen) atoms. The molecule has 12 heteroatoms. The quantitative estimate of drug-likeness (QED) is 0.314. The number of halogens is 4. The lowest BCUT2D eigenvalue weighted by atomic mass is 9.66. The lowest BCUT2D eigenvalue weighted by Gasteiger charge is -2.51. The van der Waals surface area contributed by atoms with Crippen LogP contribution in [0.15, 0.2) is 54.9 Å². The summed E-state index contributed by atoms with van der Waals surface area (Å²) < 4.78 is 69.5. The third-order valence-electron chi connectivity index (χ3n) is 7.63. The molecule has 2 bridgehead atoms. The fraction of sp³-hybridized carbons (Fsp3) is 0.333. The van der Waals surface area contributed by atoms with Crippen molar-refractivity contribution in [2.24, 2.45) is 0 Å². The molecule has 204 valence electrons. The van der Waals surface area contributed by atoms with Crippen molar-refractivity contribution in [3.63, 3.8) is 0 Å². The number of nitrogens with zero attached hydrogens (tertiary/aromatic N) is 3. The number of aromatic nitrogens is 3. The van der Waals surface area contributed by atoms with Crippen molar-refractivity contribution in [2.45, 2.75) is 43.1 Å². The fourth-order valence-corrected chi connectivity index (χ4v) is 5.48. The summed E-state index contributed by atoms with van der Waals surface area (Å²) in [5.74, 6) is -1.37. The lowest BCUT2D eigenvalue weighted by molar-refractivity contribution is -0.275. The van der Waals surface area contributed by atoms with Crippen LogP contribution in [-0.2, 0) is 10.2 Å². The normalized spacial score (nSPS) is 22.8. The second-order valence-corrected chi connectivity index (χ2v) is 9.97. The number of benzene rings is 2. The van der Waals surface area contributed by atoms with Crippen molar-refractivity contribution < 1.29 is 36.9 Å². The Morgan fingerprint density at radius 1 is 1.05 bits per heavy atom. The van der Waals surface area contributed by atoms with E-state index in [1.807, 2.05) is 10.6 Å². The van der Waals surface area contributed by atoms with Crippen molar-refractivity contribution in [3.05, 3.63) is 66.5 Å². The first-order chi connectivity index (χ1) is 18.6. The van der Waals surface area contributed by atoms with Crippen LogP contribution < -0.4 is 15.2 Å². The van der Waals surface area contributed by atoms with Crippen molar-refractivity contribution in [1.82, 2.24) is 14.4 Å². The van der Waals surface area contributed by atoms with Crippen LogP contribution in [0.4, 0.5) is 23.4 Å². The van der Waals surface area contributed by atoms with Crippen LogP contribution in [-0.4, -0.2) is 44.7 Å². The van der Waals surface area contributed by atoms with Crippen molar-refractivity contribution in [2.75, 3.05) is 18.9 Å². The number of rotatable bonds is 6. The highest BCUT2D eigenvalue weighted by Gasteiger charge is 2.52. The molecule has 4 heterocycles. The van der Waals surface area contributed by atoms with Gasteiger partial charge in [0.2, 0.25) is 5.82 Å². The maximum absolute atomic E-state index is 14.5. The average Bonchev–Trinajstić information content (AvgIpc) is 3.34. The highest BCUT2D eigenvalue weighted by atomic mass is 19.4. The Kier molecular flexibility index (Phi) is 5.92. The van der Waals surface area contributed by atoms with E-state index in [4.69, 9.17) is 20.2 Å². The number of nitrogen functional groups attached to an aromatic ring is 1. The van der Waals surface area contributed by atoms with E-state index in [2.05, 4.69) is 9.72 Å². The van der Waals surface area contributed by atoms with Crippen LogP contribution in [0.5, 0.6) is 17.2 Å². The van der Waals surface area contributed by atoms with Gasteiger partial charge in [0.15, 0.2) is 11.5 Å². The van der Waals surface area contributed by atoms with Gasteiger partial charge >= 0.3 is 6.36 Å². The number of hydrogen-bond donors (Lipinski definition) is 2. The summed E-state index contributed by atoms with van der Waals surface area (Å²) in [7, 11) is 0. The number of hydrogen-bond acceptors (Lipinski definition) is 7. The highest BCUT2D eigenvalue weighted by Crippen LogP contribution is 2.50. The molecule has 3 fully saturated rings. The van der Waals surface area contributed by atoms with E-state index in [1.165, 1.54) is 12.1 Å². The molecule has 0 atom stereocenters. The van der Waals surface area contributed by atoms with Crippen LogP contribution in [0.2, 0.25) is 0 Å². The molecule has 0 unspecified atom stereocenters. The second kappa shape index (κ2) is 9.09. The number of nitrogens with two attached hydrogens (primary N) is 1. The van der Waals surface area contributed by atoms with Gasteiger partial charge in [-0.1, -0.05) is 6.07 Å². The molecule has 1 saturated carbocycles. The van der Waals surface area contributed by atoms with Gasteiger partial charge in [-0.15, -0.1) is 13.2 Å². The Bertz CT molecular complexity index is 1510. The number of anilines is 1. The Morgan fingerprint density at radius 3 is 2.41 bits per heavy atom. The largest absolute Gasteiger partial charge is 0.573 e. The maximum Gasteiger partial charge on any atom is 0.573 e. The number of fused-ring (bicyclic) bond motifs is 4. The molecule has 1 aliphatic carbocycles. The standard InChI is InChI=1S/C27H24F4N4O4/c28-20-18(2-1-3-19(20)39-27(29,30)31)38-17-6-4-16(5-7-17)21-22-23(32)33-12-13-35(22)24(34-21)25-8-10-26(14-36,11-9-25)37-15-25/h1-7,12-13,36H,8-11,14-15H2,(H2,32,33). The van der Waals surface area contributed by atoms with E-state index in [9.17, 15) is 22.7 Å². The van der Waals surface area contributed by atoms with Gasteiger partial charge in [0.1, 0.15) is 28.6 Å². The average molecular weight is 545 g/mol. The molecule has 0 radical (unpaired) electrons. The second-order valence-electron chi connectivity index (χ2n) is 9.97. The predicted octanol–water partition coefficient (Wildman–Crippen LogP) is 5.38. The van der Waals surface area contributed by atoms with Gasteiger partial charge in [0.25, 0.3) is 0 Å². The van der Waals surface area contributed by atoms with Gasteiger partial charge in [-0.2, -0.15) is 4.39 Å². The van der Waals surface area contributed by atoms with Gasteiger partial charge in [-0.3, -0.25) is 4.40 Å². The van der Waals surface area contributed by atoms with Crippen LogP contribution in [0.25, 0.3) is 16.8 Å². The molecule has 2 aromatic carbocycles. The Morgan fingerprint density at radius 2 is 1.77 bits per heavy atom. The first-order valence-electron chi connectivity index (χ1n) is 12.3. The molecule has 8 nitrogen and oxygen atoms in total. The summed E-state index contributed by atoms with van der Waals surface area (Å²) in [5.41, 5.74) is 7.38. The highest BCUT2D eigenvalue weighted by molar-refractivity contribution is 5.85. The third-order valence-corrected chi connectivity index (χ3v) is 7.63. The third kappa shape index (κ3) is 4.43. The van der Waals surface area contributed by atoms with Crippen LogP contribution in [0, 0.1) is 5.82 Å². The van der Waals surface area contributed by atoms with Gasteiger partial charge in [-0.05, 0) is 62.1 Å². The van der Waals surface area contributed by atoms with Gasteiger partial charge in [-0.25, -0.2) is 9.97 Å². The molecule has 0 amide bonds. The summed E-state index contributed by atoms with van der Waals surface area (Å²) in [5, 5.41) is 9.82. The monoisotopic (exact) mass is 544 g/mol. The lowest BCUT2D eigenvalue weighted by Crippen LogP contribution is -2.55. The zero-order valence-corrected chi connectivity index (χ0v) is 20.5. The summed E-state index contributed by atoms with van der Waals surface area (Å²) >= 11 is 0. The SMILES string of the molecule is Nc1nccn2c(C34CCC(CO)(CC3)OC4)nc(-c3ccc(Oc4cccc(OC(F)(F)F)c4F)cc3)c12. The maximum atomic E-state index is 14.5. The van der Waals surface area contributed by atoms with Crippen molar-refractivity contribution in [1.29, 1.82) is 0 Å². The smallest absolute Gasteiger partial charge is 0.454 e. The predicted molar refractivity (Wildman–Crippen MR) is 132 cm³/mol. The Balaban J connectivity index is 1.32. The minimum Gasteiger partial charge on any atom is -0.454 e.